The van der Waals surface area contributed by atoms with E-state index in [2.05, 4.69) is 34.6 Å². The zero-order valence-electron chi connectivity index (χ0n) is 12.3. The van der Waals surface area contributed by atoms with Gasteiger partial charge in [0.05, 0.1) is 12.2 Å². The highest BCUT2D eigenvalue weighted by atomic mass is 19.1. The Morgan fingerprint density at radius 3 is 2.59 bits per heavy atom. The van der Waals surface area contributed by atoms with Crippen molar-refractivity contribution in [3.05, 3.63) is 71.2 Å². The standard InChI is InChI=1S/C17H17FN4/c1-12-5-7-13(8-6-12)11-22-17(16(10-19)20-21-22)14-3-2-4-15(18)9-14/h2-9H,10-11,19H2,1H3. The number of halogens is 1. The van der Waals surface area contributed by atoms with Crippen LogP contribution in [-0.2, 0) is 13.1 Å². The summed E-state index contributed by atoms with van der Waals surface area (Å²) in [4.78, 5) is 0. The molecule has 0 amide bonds. The summed E-state index contributed by atoms with van der Waals surface area (Å²) in [6.07, 6.45) is 0. The summed E-state index contributed by atoms with van der Waals surface area (Å²) < 4.78 is 15.3. The summed E-state index contributed by atoms with van der Waals surface area (Å²) in [5.74, 6) is -0.288. The van der Waals surface area contributed by atoms with Gasteiger partial charge in [-0.15, -0.1) is 5.10 Å². The summed E-state index contributed by atoms with van der Waals surface area (Å²) in [7, 11) is 0. The third kappa shape index (κ3) is 2.89. The zero-order chi connectivity index (χ0) is 15.5. The molecule has 0 saturated carbocycles. The van der Waals surface area contributed by atoms with Gasteiger partial charge in [-0.3, -0.25) is 0 Å². The van der Waals surface area contributed by atoms with Crippen LogP contribution in [-0.4, -0.2) is 15.0 Å². The molecule has 4 nitrogen and oxygen atoms in total. The molecule has 0 unspecified atom stereocenters. The highest BCUT2D eigenvalue weighted by Gasteiger charge is 2.14. The fourth-order valence-electron chi connectivity index (χ4n) is 2.42. The minimum atomic E-state index is -0.288. The number of aromatic nitrogens is 3. The van der Waals surface area contributed by atoms with Gasteiger partial charge < -0.3 is 5.73 Å². The van der Waals surface area contributed by atoms with E-state index in [1.165, 1.54) is 17.7 Å². The predicted octanol–water partition coefficient (Wildman–Crippen LogP) is 2.90. The summed E-state index contributed by atoms with van der Waals surface area (Å²) in [6, 6.07) is 14.6. The molecule has 2 aromatic carbocycles. The van der Waals surface area contributed by atoms with Crippen LogP contribution < -0.4 is 5.73 Å². The Morgan fingerprint density at radius 1 is 1.14 bits per heavy atom. The van der Waals surface area contributed by atoms with Crippen LogP contribution in [0.1, 0.15) is 16.8 Å². The minimum absolute atomic E-state index is 0.264. The summed E-state index contributed by atoms with van der Waals surface area (Å²) >= 11 is 0. The van der Waals surface area contributed by atoms with Crippen molar-refractivity contribution < 1.29 is 4.39 Å². The summed E-state index contributed by atoms with van der Waals surface area (Å²) in [5.41, 5.74) is 10.2. The van der Waals surface area contributed by atoms with Crippen molar-refractivity contribution in [2.45, 2.75) is 20.0 Å². The molecule has 0 atom stereocenters. The third-order valence-corrected chi connectivity index (χ3v) is 3.55. The lowest BCUT2D eigenvalue weighted by Gasteiger charge is -2.08. The highest BCUT2D eigenvalue weighted by molar-refractivity contribution is 5.62. The molecule has 0 fully saturated rings. The van der Waals surface area contributed by atoms with Crippen LogP contribution in [0.15, 0.2) is 48.5 Å². The normalized spacial score (nSPS) is 10.9. The second-order valence-electron chi connectivity index (χ2n) is 5.24. The molecule has 0 saturated heterocycles. The number of aryl methyl sites for hydroxylation is 1. The molecule has 22 heavy (non-hydrogen) atoms. The van der Waals surface area contributed by atoms with Crippen molar-refractivity contribution in [1.82, 2.24) is 15.0 Å². The van der Waals surface area contributed by atoms with Gasteiger partial charge in [-0.2, -0.15) is 0 Å². The first-order valence-electron chi connectivity index (χ1n) is 7.11. The van der Waals surface area contributed by atoms with E-state index in [4.69, 9.17) is 5.73 Å². The van der Waals surface area contributed by atoms with Gasteiger partial charge in [-0.05, 0) is 24.6 Å². The first kappa shape index (κ1) is 14.4. The fraction of sp³-hybridized carbons (Fsp3) is 0.176. The van der Waals surface area contributed by atoms with Crippen LogP contribution in [0.25, 0.3) is 11.3 Å². The number of benzene rings is 2. The van der Waals surface area contributed by atoms with E-state index < -0.39 is 0 Å². The number of hydrogen-bond acceptors (Lipinski definition) is 3. The Hall–Kier alpha value is -2.53. The predicted molar refractivity (Wildman–Crippen MR) is 83.6 cm³/mol. The van der Waals surface area contributed by atoms with Crippen molar-refractivity contribution in [2.75, 3.05) is 0 Å². The van der Waals surface area contributed by atoms with E-state index in [0.29, 0.717) is 12.2 Å². The monoisotopic (exact) mass is 296 g/mol. The van der Waals surface area contributed by atoms with E-state index in [-0.39, 0.29) is 12.4 Å². The molecule has 0 aliphatic heterocycles. The lowest BCUT2D eigenvalue weighted by molar-refractivity contribution is 0.626. The maximum Gasteiger partial charge on any atom is 0.123 e. The lowest BCUT2D eigenvalue weighted by atomic mass is 10.1. The maximum atomic E-state index is 13.5. The number of hydrogen-bond donors (Lipinski definition) is 1. The smallest absolute Gasteiger partial charge is 0.123 e. The average molecular weight is 296 g/mol. The van der Waals surface area contributed by atoms with Crippen LogP contribution in [0.5, 0.6) is 0 Å². The van der Waals surface area contributed by atoms with Gasteiger partial charge in [0, 0.05) is 12.1 Å². The van der Waals surface area contributed by atoms with Crippen molar-refractivity contribution >= 4 is 0 Å². The highest BCUT2D eigenvalue weighted by Crippen LogP contribution is 2.23. The molecule has 0 radical (unpaired) electrons. The van der Waals surface area contributed by atoms with Gasteiger partial charge in [0.25, 0.3) is 0 Å². The molecular formula is C17H17FN4. The quantitative estimate of drug-likeness (QED) is 0.805. The van der Waals surface area contributed by atoms with Crippen LogP contribution in [0.2, 0.25) is 0 Å². The van der Waals surface area contributed by atoms with Crippen molar-refractivity contribution in [3.63, 3.8) is 0 Å². The molecule has 0 aliphatic carbocycles. The zero-order valence-corrected chi connectivity index (χ0v) is 12.3. The maximum absolute atomic E-state index is 13.5. The van der Waals surface area contributed by atoms with E-state index in [1.54, 1.807) is 10.7 Å². The van der Waals surface area contributed by atoms with Gasteiger partial charge >= 0.3 is 0 Å². The summed E-state index contributed by atoms with van der Waals surface area (Å²) in [5, 5.41) is 8.29. The van der Waals surface area contributed by atoms with Gasteiger partial charge in [0.2, 0.25) is 0 Å². The molecule has 0 aliphatic rings. The summed E-state index contributed by atoms with van der Waals surface area (Å²) in [6.45, 7) is 2.88. The Balaban J connectivity index is 2.02. The first-order chi connectivity index (χ1) is 10.7. The van der Waals surface area contributed by atoms with Crippen molar-refractivity contribution in [3.8, 4) is 11.3 Å². The van der Waals surface area contributed by atoms with Gasteiger partial charge in [0.1, 0.15) is 11.5 Å². The minimum Gasteiger partial charge on any atom is -0.325 e. The second-order valence-corrected chi connectivity index (χ2v) is 5.24. The SMILES string of the molecule is Cc1ccc(Cn2nnc(CN)c2-c2cccc(F)c2)cc1. The molecule has 1 heterocycles. The van der Waals surface area contributed by atoms with E-state index in [9.17, 15) is 4.39 Å². The third-order valence-electron chi connectivity index (χ3n) is 3.55. The molecule has 3 rings (SSSR count). The van der Waals surface area contributed by atoms with Gasteiger partial charge in [-0.1, -0.05) is 47.2 Å². The van der Waals surface area contributed by atoms with Gasteiger partial charge in [-0.25, -0.2) is 9.07 Å². The van der Waals surface area contributed by atoms with Gasteiger partial charge in [0.15, 0.2) is 0 Å². The average Bonchev–Trinajstić information content (AvgIpc) is 2.92. The fourth-order valence-corrected chi connectivity index (χ4v) is 2.42. The van der Waals surface area contributed by atoms with Crippen molar-refractivity contribution in [1.29, 1.82) is 0 Å². The van der Waals surface area contributed by atoms with Crippen molar-refractivity contribution in [2.24, 2.45) is 5.73 Å². The van der Waals surface area contributed by atoms with Crippen LogP contribution >= 0.6 is 0 Å². The number of rotatable bonds is 4. The van der Waals surface area contributed by atoms with Crippen LogP contribution in [0, 0.1) is 12.7 Å². The van der Waals surface area contributed by atoms with Crippen LogP contribution in [0.4, 0.5) is 4.39 Å². The Bertz CT molecular complexity index is 778. The molecule has 0 spiro atoms. The largest absolute Gasteiger partial charge is 0.325 e. The molecular weight excluding hydrogens is 279 g/mol. The molecule has 1 aromatic heterocycles. The van der Waals surface area contributed by atoms with E-state index in [0.717, 1.165) is 16.8 Å². The van der Waals surface area contributed by atoms with Crippen LogP contribution in [0.3, 0.4) is 0 Å². The topological polar surface area (TPSA) is 56.7 Å². The molecule has 2 N–H and O–H groups in total. The molecule has 3 aromatic rings. The van der Waals surface area contributed by atoms with E-state index in [1.807, 2.05) is 13.0 Å². The number of nitrogens with zero attached hydrogens (tertiary/aromatic N) is 3. The Morgan fingerprint density at radius 2 is 1.91 bits per heavy atom. The Kier molecular flexibility index (Phi) is 3.98. The number of nitrogens with two attached hydrogens (primary N) is 1. The first-order valence-corrected chi connectivity index (χ1v) is 7.11. The molecule has 112 valence electrons. The Labute approximate surface area is 128 Å². The second kappa shape index (κ2) is 6.07. The lowest BCUT2D eigenvalue weighted by Crippen LogP contribution is -2.06. The van der Waals surface area contributed by atoms with E-state index >= 15 is 0 Å². The molecule has 5 heteroatoms. The molecule has 0 bridgehead atoms.